The standard InChI is InChI=1S/C15H23NO4/c1-4-18-13-9-7-8-11(14(13)19-5-2)10-12(16)15(17)20-6-3/h7-9,12H,4-6,10,16H2,1-3H3. The van der Waals surface area contributed by atoms with Gasteiger partial charge < -0.3 is 19.9 Å². The summed E-state index contributed by atoms with van der Waals surface area (Å²) in [7, 11) is 0. The van der Waals surface area contributed by atoms with Crippen LogP contribution in [0.5, 0.6) is 11.5 Å². The number of carbonyl (C=O) groups is 1. The van der Waals surface area contributed by atoms with Crippen molar-refractivity contribution in [2.45, 2.75) is 33.2 Å². The highest BCUT2D eigenvalue weighted by molar-refractivity contribution is 5.76. The molecule has 1 rings (SSSR count). The van der Waals surface area contributed by atoms with Crippen LogP contribution in [0.25, 0.3) is 0 Å². The Bertz CT molecular complexity index is 434. The fraction of sp³-hybridized carbons (Fsp3) is 0.533. The lowest BCUT2D eigenvalue weighted by molar-refractivity contribution is -0.144. The van der Waals surface area contributed by atoms with Crippen molar-refractivity contribution in [3.8, 4) is 11.5 Å². The van der Waals surface area contributed by atoms with Gasteiger partial charge in [-0.25, -0.2) is 0 Å². The molecule has 2 N–H and O–H groups in total. The molecule has 0 aliphatic rings. The molecule has 0 saturated carbocycles. The molecule has 5 heteroatoms. The van der Waals surface area contributed by atoms with Crippen molar-refractivity contribution in [3.05, 3.63) is 23.8 Å². The molecule has 0 bridgehead atoms. The summed E-state index contributed by atoms with van der Waals surface area (Å²) in [6.45, 7) is 6.96. The second-order valence-electron chi connectivity index (χ2n) is 4.17. The fourth-order valence-electron chi connectivity index (χ4n) is 1.87. The van der Waals surface area contributed by atoms with E-state index in [1.165, 1.54) is 0 Å². The van der Waals surface area contributed by atoms with Crippen LogP contribution in [0.15, 0.2) is 18.2 Å². The monoisotopic (exact) mass is 281 g/mol. The molecular weight excluding hydrogens is 258 g/mol. The zero-order valence-corrected chi connectivity index (χ0v) is 12.3. The number of esters is 1. The molecular formula is C15H23NO4. The second kappa shape index (κ2) is 8.43. The maximum atomic E-state index is 11.6. The van der Waals surface area contributed by atoms with Gasteiger partial charge in [0.05, 0.1) is 19.8 Å². The van der Waals surface area contributed by atoms with Crippen molar-refractivity contribution in [2.75, 3.05) is 19.8 Å². The van der Waals surface area contributed by atoms with Gasteiger partial charge in [0, 0.05) is 12.0 Å². The zero-order chi connectivity index (χ0) is 15.0. The minimum absolute atomic E-state index is 0.323. The van der Waals surface area contributed by atoms with Crippen molar-refractivity contribution >= 4 is 5.97 Å². The quantitative estimate of drug-likeness (QED) is 0.737. The third-order valence-electron chi connectivity index (χ3n) is 2.68. The van der Waals surface area contributed by atoms with Gasteiger partial charge in [-0.3, -0.25) is 4.79 Å². The number of rotatable bonds is 8. The van der Waals surface area contributed by atoms with Crippen molar-refractivity contribution in [3.63, 3.8) is 0 Å². The molecule has 112 valence electrons. The first-order valence-electron chi connectivity index (χ1n) is 6.93. The fourth-order valence-corrected chi connectivity index (χ4v) is 1.87. The van der Waals surface area contributed by atoms with E-state index in [1.54, 1.807) is 6.92 Å². The average Bonchev–Trinajstić information content (AvgIpc) is 2.43. The van der Waals surface area contributed by atoms with E-state index < -0.39 is 12.0 Å². The highest BCUT2D eigenvalue weighted by atomic mass is 16.5. The first kappa shape index (κ1) is 16.3. The Morgan fingerprint density at radius 3 is 2.45 bits per heavy atom. The van der Waals surface area contributed by atoms with Gasteiger partial charge in [-0.05, 0) is 26.8 Å². The van der Waals surface area contributed by atoms with Gasteiger partial charge in [0.25, 0.3) is 0 Å². The summed E-state index contributed by atoms with van der Waals surface area (Å²) in [6.07, 6.45) is 0.356. The molecule has 0 radical (unpaired) electrons. The van der Waals surface area contributed by atoms with Gasteiger partial charge in [-0.15, -0.1) is 0 Å². The largest absolute Gasteiger partial charge is 0.490 e. The summed E-state index contributed by atoms with van der Waals surface area (Å²) in [5, 5.41) is 0. The van der Waals surface area contributed by atoms with Crippen LogP contribution in [0.2, 0.25) is 0 Å². The number of hydrogen-bond acceptors (Lipinski definition) is 5. The topological polar surface area (TPSA) is 70.8 Å². The van der Waals surface area contributed by atoms with Crippen molar-refractivity contribution in [2.24, 2.45) is 5.73 Å². The molecule has 1 atom stereocenters. The lowest BCUT2D eigenvalue weighted by atomic mass is 10.0. The summed E-state index contributed by atoms with van der Waals surface area (Å²) in [6, 6.07) is 4.88. The maximum Gasteiger partial charge on any atom is 0.323 e. The number of hydrogen-bond donors (Lipinski definition) is 1. The van der Waals surface area contributed by atoms with E-state index >= 15 is 0 Å². The SMILES string of the molecule is CCOC(=O)C(N)Cc1cccc(OCC)c1OCC. The van der Waals surface area contributed by atoms with E-state index in [2.05, 4.69) is 0 Å². The van der Waals surface area contributed by atoms with Crippen molar-refractivity contribution in [1.29, 1.82) is 0 Å². The van der Waals surface area contributed by atoms with E-state index in [9.17, 15) is 4.79 Å². The minimum atomic E-state index is -0.703. The van der Waals surface area contributed by atoms with Crippen molar-refractivity contribution < 1.29 is 19.0 Å². The second-order valence-corrected chi connectivity index (χ2v) is 4.17. The molecule has 1 unspecified atom stereocenters. The van der Waals surface area contributed by atoms with Crippen molar-refractivity contribution in [1.82, 2.24) is 0 Å². The first-order valence-corrected chi connectivity index (χ1v) is 6.93. The Labute approximate surface area is 120 Å². The molecule has 0 saturated heterocycles. The molecule has 0 amide bonds. The van der Waals surface area contributed by atoms with Crippen LogP contribution in [0.4, 0.5) is 0 Å². The third kappa shape index (κ3) is 4.42. The number of carbonyl (C=O) groups excluding carboxylic acids is 1. The predicted molar refractivity (Wildman–Crippen MR) is 77.1 cm³/mol. The Balaban J connectivity index is 2.92. The van der Waals surface area contributed by atoms with Crippen LogP contribution in [-0.4, -0.2) is 31.8 Å². The zero-order valence-electron chi connectivity index (χ0n) is 12.3. The molecule has 0 aromatic heterocycles. The highest BCUT2D eigenvalue weighted by Gasteiger charge is 2.19. The van der Waals surface area contributed by atoms with E-state index in [1.807, 2.05) is 32.0 Å². The summed E-state index contributed by atoms with van der Waals surface area (Å²) in [5.74, 6) is 0.913. The van der Waals surface area contributed by atoms with Crippen LogP contribution < -0.4 is 15.2 Å². The predicted octanol–water partition coefficient (Wildman–Crippen LogP) is 1.92. The van der Waals surface area contributed by atoms with Gasteiger partial charge in [0.15, 0.2) is 11.5 Å². The molecule has 0 aliphatic carbocycles. The van der Waals surface area contributed by atoms with E-state index in [-0.39, 0.29) is 0 Å². The average molecular weight is 281 g/mol. The minimum Gasteiger partial charge on any atom is -0.490 e. The molecule has 0 heterocycles. The number of para-hydroxylation sites is 1. The number of benzene rings is 1. The van der Waals surface area contributed by atoms with E-state index in [4.69, 9.17) is 19.9 Å². The summed E-state index contributed by atoms with van der Waals surface area (Å²) >= 11 is 0. The molecule has 0 aliphatic heterocycles. The molecule has 1 aromatic rings. The summed E-state index contributed by atoms with van der Waals surface area (Å²) in [5.41, 5.74) is 6.70. The molecule has 0 spiro atoms. The van der Waals surface area contributed by atoms with Crippen LogP contribution in [0.3, 0.4) is 0 Å². The maximum absolute atomic E-state index is 11.6. The smallest absolute Gasteiger partial charge is 0.323 e. The molecule has 1 aromatic carbocycles. The van der Waals surface area contributed by atoms with Crippen LogP contribution in [0, 0.1) is 0 Å². The van der Waals surface area contributed by atoms with Gasteiger partial charge in [-0.2, -0.15) is 0 Å². The van der Waals surface area contributed by atoms with Gasteiger partial charge in [0.2, 0.25) is 0 Å². The number of nitrogens with two attached hydrogens (primary N) is 1. The summed E-state index contributed by atoms with van der Waals surface area (Å²) in [4.78, 5) is 11.6. The lowest BCUT2D eigenvalue weighted by Crippen LogP contribution is -2.34. The molecule has 20 heavy (non-hydrogen) atoms. The van der Waals surface area contributed by atoms with Crippen LogP contribution in [-0.2, 0) is 16.0 Å². The van der Waals surface area contributed by atoms with Gasteiger partial charge in [-0.1, -0.05) is 12.1 Å². The highest BCUT2D eigenvalue weighted by Crippen LogP contribution is 2.32. The Hall–Kier alpha value is -1.75. The Morgan fingerprint density at radius 1 is 1.15 bits per heavy atom. The Morgan fingerprint density at radius 2 is 1.85 bits per heavy atom. The van der Waals surface area contributed by atoms with Gasteiger partial charge in [0.1, 0.15) is 6.04 Å². The van der Waals surface area contributed by atoms with E-state index in [0.717, 1.165) is 5.56 Å². The van der Waals surface area contributed by atoms with E-state index in [0.29, 0.717) is 37.7 Å². The summed E-state index contributed by atoms with van der Waals surface area (Å²) < 4.78 is 16.1. The molecule has 0 fully saturated rings. The Kier molecular flexibility index (Phi) is 6.87. The third-order valence-corrected chi connectivity index (χ3v) is 2.68. The van der Waals surface area contributed by atoms with Crippen LogP contribution >= 0.6 is 0 Å². The van der Waals surface area contributed by atoms with Gasteiger partial charge >= 0.3 is 5.97 Å². The normalized spacial score (nSPS) is 11.8. The van der Waals surface area contributed by atoms with Crippen LogP contribution in [0.1, 0.15) is 26.3 Å². The number of ether oxygens (including phenoxy) is 3. The first-order chi connectivity index (χ1) is 9.63. The lowest BCUT2D eigenvalue weighted by Gasteiger charge is -2.17. The molecule has 5 nitrogen and oxygen atoms in total.